The van der Waals surface area contributed by atoms with Crippen molar-refractivity contribution < 1.29 is 14.3 Å². The molecule has 5 heteroatoms. The molecule has 0 fully saturated rings. The van der Waals surface area contributed by atoms with Crippen LogP contribution in [0, 0.1) is 5.82 Å². The van der Waals surface area contributed by atoms with E-state index in [-0.39, 0.29) is 5.56 Å². The van der Waals surface area contributed by atoms with Crippen molar-refractivity contribution in [3.05, 3.63) is 70.0 Å². The van der Waals surface area contributed by atoms with Crippen LogP contribution in [-0.2, 0) is 13.1 Å². The topological polar surface area (TPSA) is 40.5 Å². The Morgan fingerprint density at radius 2 is 2.00 bits per heavy atom. The van der Waals surface area contributed by atoms with E-state index < -0.39 is 11.8 Å². The lowest BCUT2D eigenvalue weighted by Gasteiger charge is -2.17. The lowest BCUT2D eigenvalue weighted by Crippen LogP contribution is -2.18. The zero-order chi connectivity index (χ0) is 15.4. The molecule has 0 atom stereocenters. The first-order valence-corrected chi connectivity index (χ1v) is 6.78. The number of halogens is 2. The van der Waals surface area contributed by atoms with E-state index in [1.165, 1.54) is 12.1 Å². The molecule has 0 amide bonds. The van der Waals surface area contributed by atoms with Crippen molar-refractivity contribution in [3.8, 4) is 0 Å². The van der Waals surface area contributed by atoms with Gasteiger partial charge in [0, 0.05) is 23.7 Å². The summed E-state index contributed by atoms with van der Waals surface area (Å²) in [5, 5.41) is 9.48. The van der Waals surface area contributed by atoms with Gasteiger partial charge in [0.05, 0.1) is 5.56 Å². The Kier molecular flexibility index (Phi) is 4.94. The molecule has 0 aliphatic heterocycles. The van der Waals surface area contributed by atoms with Gasteiger partial charge < -0.3 is 5.11 Å². The zero-order valence-corrected chi connectivity index (χ0v) is 12.3. The number of carboxylic acid groups (broad SMARTS) is 1. The molecule has 1 N–H and O–H groups in total. The Bertz CT molecular complexity index is 660. The van der Waals surface area contributed by atoms with Crippen LogP contribution in [0.15, 0.2) is 42.5 Å². The van der Waals surface area contributed by atoms with Crippen LogP contribution in [0.1, 0.15) is 21.5 Å². The highest BCUT2D eigenvalue weighted by atomic mass is 35.5. The van der Waals surface area contributed by atoms with Crippen molar-refractivity contribution in [2.75, 3.05) is 7.05 Å². The highest BCUT2D eigenvalue weighted by Crippen LogP contribution is 2.16. The molecule has 0 aliphatic carbocycles. The molecule has 0 spiro atoms. The Morgan fingerprint density at radius 3 is 2.62 bits per heavy atom. The zero-order valence-electron chi connectivity index (χ0n) is 11.5. The van der Waals surface area contributed by atoms with Gasteiger partial charge in [-0.3, -0.25) is 4.90 Å². The summed E-state index contributed by atoms with van der Waals surface area (Å²) < 4.78 is 13.9. The van der Waals surface area contributed by atoms with E-state index in [0.717, 1.165) is 11.6 Å². The van der Waals surface area contributed by atoms with Crippen LogP contribution in [0.2, 0.25) is 5.02 Å². The quantitative estimate of drug-likeness (QED) is 0.913. The van der Waals surface area contributed by atoms with Gasteiger partial charge in [-0.25, -0.2) is 9.18 Å². The van der Waals surface area contributed by atoms with Crippen molar-refractivity contribution in [2.45, 2.75) is 13.1 Å². The summed E-state index contributed by atoms with van der Waals surface area (Å²) in [4.78, 5) is 12.7. The maximum Gasteiger partial charge on any atom is 0.335 e. The fraction of sp³-hybridized carbons (Fsp3) is 0.188. The smallest absolute Gasteiger partial charge is 0.335 e. The van der Waals surface area contributed by atoms with Gasteiger partial charge in [-0.15, -0.1) is 0 Å². The number of hydrogen-bond donors (Lipinski definition) is 1. The largest absolute Gasteiger partial charge is 0.478 e. The Balaban J connectivity index is 2.06. The van der Waals surface area contributed by atoms with Crippen LogP contribution >= 0.6 is 11.6 Å². The number of carboxylic acids is 1. The maximum absolute atomic E-state index is 13.9. The van der Waals surface area contributed by atoms with E-state index in [0.29, 0.717) is 23.7 Å². The highest BCUT2D eigenvalue weighted by Gasteiger charge is 2.10. The summed E-state index contributed by atoms with van der Waals surface area (Å²) >= 11 is 5.93. The Labute approximate surface area is 127 Å². The molecule has 2 aromatic rings. The number of aromatic carboxylic acids is 1. The summed E-state index contributed by atoms with van der Waals surface area (Å²) in [7, 11) is 1.87. The van der Waals surface area contributed by atoms with Crippen molar-refractivity contribution in [3.63, 3.8) is 0 Å². The van der Waals surface area contributed by atoms with E-state index >= 15 is 0 Å². The minimum atomic E-state index is -1.13. The number of carbonyl (C=O) groups is 1. The molecule has 0 saturated carbocycles. The van der Waals surface area contributed by atoms with Crippen LogP contribution in [0.25, 0.3) is 0 Å². The van der Waals surface area contributed by atoms with Crippen LogP contribution in [-0.4, -0.2) is 23.0 Å². The first-order valence-electron chi connectivity index (χ1n) is 6.40. The predicted octanol–water partition coefficient (Wildman–Crippen LogP) is 3.81. The summed E-state index contributed by atoms with van der Waals surface area (Å²) in [6.07, 6.45) is 0. The van der Waals surface area contributed by atoms with Crippen LogP contribution in [0.4, 0.5) is 4.39 Å². The van der Waals surface area contributed by atoms with Crippen molar-refractivity contribution >= 4 is 17.6 Å². The monoisotopic (exact) mass is 307 g/mol. The van der Waals surface area contributed by atoms with Crippen LogP contribution in [0.5, 0.6) is 0 Å². The number of rotatable bonds is 5. The minimum absolute atomic E-state index is 0.0475. The van der Waals surface area contributed by atoms with E-state index in [1.54, 1.807) is 6.07 Å². The van der Waals surface area contributed by atoms with E-state index in [1.807, 2.05) is 30.1 Å². The van der Waals surface area contributed by atoms with E-state index in [4.69, 9.17) is 16.7 Å². The van der Waals surface area contributed by atoms with Gasteiger partial charge >= 0.3 is 5.97 Å². The molecule has 0 unspecified atom stereocenters. The second-order valence-electron chi connectivity index (χ2n) is 4.91. The third kappa shape index (κ3) is 4.28. The third-order valence-electron chi connectivity index (χ3n) is 3.08. The first-order chi connectivity index (χ1) is 9.95. The van der Waals surface area contributed by atoms with Gasteiger partial charge in [0.1, 0.15) is 5.82 Å². The number of nitrogens with zero attached hydrogens (tertiary/aromatic N) is 1. The summed E-state index contributed by atoms with van der Waals surface area (Å²) in [5.41, 5.74) is 1.45. The molecule has 0 bridgehead atoms. The first kappa shape index (κ1) is 15.5. The maximum atomic E-state index is 13.9. The fourth-order valence-electron chi connectivity index (χ4n) is 2.10. The molecular formula is C16H15ClFNO2. The van der Waals surface area contributed by atoms with Gasteiger partial charge in [0.2, 0.25) is 0 Å². The van der Waals surface area contributed by atoms with Gasteiger partial charge in [-0.2, -0.15) is 0 Å². The molecule has 3 nitrogen and oxygen atoms in total. The molecule has 0 heterocycles. The average molecular weight is 308 g/mol. The standard InChI is InChI=1S/C16H15ClFNO2/c1-19(9-11-3-2-4-14(17)7-11)10-13-6-5-12(16(20)21)8-15(13)18/h2-8H,9-10H2,1H3,(H,20,21). The van der Waals surface area contributed by atoms with E-state index in [9.17, 15) is 9.18 Å². The molecular weight excluding hydrogens is 293 g/mol. The summed E-state index contributed by atoms with van der Waals surface area (Å²) in [5.74, 6) is -1.64. The lowest BCUT2D eigenvalue weighted by atomic mass is 10.1. The SMILES string of the molecule is CN(Cc1cccc(Cl)c1)Cc1ccc(C(=O)O)cc1F. The Morgan fingerprint density at radius 1 is 1.24 bits per heavy atom. The second-order valence-corrected chi connectivity index (χ2v) is 5.35. The van der Waals surface area contributed by atoms with E-state index in [2.05, 4.69) is 0 Å². The molecule has 0 radical (unpaired) electrons. The average Bonchev–Trinajstić information content (AvgIpc) is 2.40. The second kappa shape index (κ2) is 6.70. The van der Waals surface area contributed by atoms with Gasteiger partial charge in [0.15, 0.2) is 0 Å². The van der Waals surface area contributed by atoms with Crippen molar-refractivity contribution in [1.29, 1.82) is 0 Å². The van der Waals surface area contributed by atoms with Crippen molar-refractivity contribution in [1.82, 2.24) is 4.90 Å². The summed E-state index contributed by atoms with van der Waals surface area (Å²) in [6.45, 7) is 1.01. The van der Waals surface area contributed by atoms with Crippen LogP contribution in [0.3, 0.4) is 0 Å². The third-order valence-corrected chi connectivity index (χ3v) is 3.32. The lowest BCUT2D eigenvalue weighted by molar-refractivity contribution is 0.0696. The number of hydrogen-bond acceptors (Lipinski definition) is 2. The molecule has 2 aromatic carbocycles. The van der Waals surface area contributed by atoms with Gasteiger partial charge in [0.25, 0.3) is 0 Å². The summed E-state index contributed by atoms with van der Waals surface area (Å²) in [6, 6.07) is 11.4. The predicted molar refractivity (Wildman–Crippen MR) is 80.0 cm³/mol. The fourth-order valence-corrected chi connectivity index (χ4v) is 2.32. The molecule has 0 saturated heterocycles. The van der Waals surface area contributed by atoms with Crippen molar-refractivity contribution in [2.24, 2.45) is 0 Å². The van der Waals surface area contributed by atoms with Crippen LogP contribution < -0.4 is 0 Å². The minimum Gasteiger partial charge on any atom is -0.478 e. The molecule has 21 heavy (non-hydrogen) atoms. The van der Waals surface area contributed by atoms with Gasteiger partial charge in [-0.1, -0.05) is 29.8 Å². The molecule has 0 aromatic heterocycles. The molecule has 110 valence electrons. The molecule has 0 aliphatic rings. The number of benzene rings is 2. The van der Waals surface area contributed by atoms with Gasteiger partial charge in [-0.05, 0) is 36.9 Å². The molecule has 2 rings (SSSR count). The highest BCUT2D eigenvalue weighted by molar-refractivity contribution is 6.30. The normalized spacial score (nSPS) is 10.9. The Hall–Kier alpha value is -1.91.